The fourth-order valence-electron chi connectivity index (χ4n) is 3.43. The Labute approximate surface area is 128 Å². The zero-order valence-corrected chi connectivity index (χ0v) is 13.7. The Morgan fingerprint density at radius 3 is 2.81 bits per heavy atom. The van der Waals surface area contributed by atoms with Gasteiger partial charge in [0, 0.05) is 23.9 Å². The van der Waals surface area contributed by atoms with Crippen LogP contribution in [0.3, 0.4) is 0 Å². The molecule has 1 saturated carbocycles. The SMILES string of the molecule is COc1c(C)cnc(COC2(CN)CCCC(C)C2)c1C. The van der Waals surface area contributed by atoms with E-state index >= 15 is 0 Å². The summed E-state index contributed by atoms with van der Waals surface area (Å²) >= 11 is 0. The molecule has 0 amide bonds. The molecule has 2 rings (SSSR count). The molecule has 0 saturated heterocycles. The molecule has 0 bridgehead atoms. The Bertz CT molecular complexity index is 490. The minimum Gasteiger partial charge on any atom is -0.496 e. The van der Waals surface area contributed by atoms with Crippen LogP contribution in [0.15, 0.2) is 6.20 Å². The largest absolute Gasteiger partial charge is 0.496 e. The van der Waals surface area contributed by atoms with Gasteiger partial charge in [0.1, 0.15) is 5.75 Å². The molecule has 118 valence electrons. The van der Waals surface area contributed by atoms with Gasteiger partial charge in [-0.3, -0.25) is 4.98 Å². The molecule has 4 heteroatoms. The molecule has 1 heterocycles. The lowest BCUT2D eigenvalue weighted by atomic mass is 9.79. The zero-order chi connectivity index (χ0) is 15.5. The number of pyridine rings is 1. The van der Waals surface area contributed by atoms with Gasteiger partial charge in [-0.1, -0.05) is 19.8 Å². The molecule has 0 aromatic carbocycles. The summed E-state index contributed by atoms with van der Waals surface area (Å²) in [5.41, 5.74) is 8.90. The topological polar surface area (TPSA) is 57.4 Å². The molecule has 1 fully saturated rings. The van der Waals surface area contributed by atoms with Crippen molar-refractivity contribution in [2.24, 2.45) is 11.7 Å². The molecule has 0 spiro atoms. The molecule has 1 aliphatic carbocycles. The summed E-state index contributed by atoms with van der Waals surface area (Å²) < 4.78 is 11.7. The molecule has 0 aliphatic heterocycles. The molecular weight excluding hydrogens is 264 g/mol. The molecule has 0 radical (unpaired) electrons. The number of hydrogen-bond acceptors (Lipinski definition) is 4. The quantitative estimate of drug-likeness (QED) is 0.906. The normalized spacial score (nSPS) is 25.9. The third-order valence-corrected chi connectivity index (χ3v) is 4.69. The van der Waals surface area contributed by atoms with Gasteiger partial charge in [0.15, 0.2) is 0 Å². The van der Waals surface area contributed by atoms with E-state index in [1.165, 1.54) is 12.8 Å². The van der Waals surface area contributed by atoms with E-state index < -0.39 is 0 Å². The van der Waals surface area contributed by atoms with Gasteiger partial charge in [0.25, 0.3) is 0 Å². The maximum Gasteiger partial charge on any atom is 0.128 e. The van der Waals surface area contributed by atoms with E-state index in [1.54, 1.807) is 7.11 Å². The smallest absolute Gasteiger partial charge is 0.128 e. The van der Waals surface area contributed by atoms with Gasteiger partial charge in [-0.15, -0.1) is 0 Å². The second kappa shape index (κ2) is 6.75. The summed E-state index contributed by atoms with van der Waals surface area (Å²) in [5.74, 6) is 1.59. The number of rotatable bonds is 5. The van der Waals surface area contributed by atoms with Gasteiger partial charge < -0.3 is 15.2 Å². The van der Waals surface area contributed by atoms with Crippen molar-refractivity contribution in [3.8, 4) is 5.75 Å². The summed E-state index contributed by atoms with van der Waals surface area (Å²) in [6, 6.07) is 0. The summed E-state index contributed by atoms with van der Waals surface area (Å²) in [6.45, 7) is 7.42. The number of hydrogen-bond donors (Lipinski definition) is 1. The van der Waals surface area contributed by atoms with E-state index in [0.717, 1.165) is 35.4 Å². The molecule has 21 heavy (non-hydrogen) atoms. The second-order valence-electron chi connectivity index (χ2n) is 6.42. The Morgan fingerprint density at radius 1 is 1.43 bits per heavy atom. The number of aromatic nitrogens is 1. The van der Waals surface area contributed by atoms with Crippen molar-refractivity contribution >= 4 is 0 Å². The van der Waals surface area contributed by atoms with Crippen LogP contribution in [-0.4, -0.2) is 24.2 Å². The molecule has 2 N–H and O–H groups in total. The molecule has 2 unspecified atom stereocenters. The maximum absolute atomic E-state index is 6.25. The predicted octanol–water partition coefficient (Wildman–Crippen LogP) is 3.13. The minimum absolute atomic E-state index is 0.177. The van der Waals surface area contributed by atoms with Gasteiger partial charge in [-0.25, -0.2) is 0 Å². The van der Waals surface area contributed by atoms with E-state index in [1.807, 2.05) is 20.0 Å². The number of methoxy groups -OCH3 is 1. The fraction of sp³-hybridized carbons (Fsp3) is 0.706. The highest BCUT2D eigenvalue weighted by molar-refractivity contribution is 5.40. The predicted molar refractivity (Wildman–Crippen MR) is 84.5 cm³/mol. The van der Waals surface area contributed by atoms with Crippen LogP contribution < -0.4 is 10.5 Å². The van der Waals surface area contributed by atoms with Crippen molar-refractivity contribution in [1.82, 2.24) is 4.98 Å². The van der Waals surface area contributed by atoms with Gasteiger partial charge in [-0.2, -0.15) is 0 Å². The highest BCUT2D eigenvalue weighted by Gasteiger charge is 2.34. The number of nitrogens with zero attached hydrogens (tertiary/aromatic N) is 1. The molecule has 4 nitrogen and oxygen atoms in total. The lowest BCUT2D eigenvalue weighted by molar-refractivity contribution is -0.0852. The van der Waals surface area contributed by atoms with Crippen molar-refractivity contribution in [1.29, 1.82) is 0 Å². The first kappa shape index (κ1) is 16.2. The zero-order valence-electron chi connectivity index (χ0n) is 13.7. The van der Waals surface area contributed by atoms with Crippen molar-refractivity contribution in [2.45, 2.75) is 58.7 Å². The third-order valence-electron chi connectivity index (χ3n) is 4.69. The van der Waals surface area contributed by atoms with Crippen LogP contribution in [0, 0.1) is 19.8 Å². The van der Waals surface area contributed by atoms with E-state index in [2.05, 4.69) is 11.9 Å². The Morgan fingerprint density at radius 2 is 2.19 bits per heavy atom. The first-order chi connectivity index (χ1) is 10.0. The average Bonchev–Trinajstić information content (AvgIpc) is 2.47. The highest BCUT2D eigenvalue weighted by Crippen LogP contribution is 2.35. The van der Waals surface area contributed by atoms with Crippen LogP contribution >= 0.6 is 0 Å². The van der Waals surface area contributed by atoms with E-state index in [-0.39, 0.29) is 5.60 Å². The van der Waals surface area contributed by atoms with Crippen molar-refractivity contribution < 1.29 is 9.47 Å². The van der Waals surface area contributed by atoms with Crippen molar-refractivity contribution in [2.75, 3.05) is 13.7 Å². The maximum atomic E-state index is 6.25. The first-order valence-electron chi connectivity index (χ1n) is 7.84. The standard InChI is InChI=1S/C17H28N2O2/c1-12-6-5-7-17(8-12,11-18)21-10-15-14(3)16(20-4)13(2)9-19-15/h9,12H,5-8,10-11,18H2,1-4H3. The van der Waals surface area contributed by atoms with Gasteiger partial charge in [0.05, 0.1) is 25.0 Å². The summed E-state index contributed by atoms with van der Waals surface area (Å²) in [4.78, 5) is 4.51. The Kier molecular flexibility index (Phi) is 5.22. The van der Waals surface area contributed by atoms with Gasteiger partial charge >= 0.3 is 0 Å². The molecular formula is C17H28N2O2. The van der Waals surface area contributed by atoms with Crippen LogP contribution in [0.1, 0.15) is 49.4 Å². The number of aryl methyl sites for hydroxylation is 1. The molecule has 1 aromatic rings. The Hall–Kier alpha value is -1.13. The fourth-order valence-corrected chi connectivity index (χ4v) is 3.43. The second-order valence-corrected chi connectivity index (χ2v) is 6.42. The van der Waals surface area contributed by atoms with Gasteiger partial charge in [-0.05, 0) is 32.6 Å². The summed E-state index contributed by atoms with van der Waals surface area (Å²) in [7, 11) is 1.70. The highest BCUT2D eigenvalue weighted by atomic mass is 16.5. The van der Waals surface area contributed by atoms with Crippen LogP contribution in [0.25, 0.3) is 0 Å². The summed E-state index contributed by atoms with van der Waals surface area (Å²) in [6.07, 6.45) is 6.42. The monoisotopic (exact) mass is 292 g/mol. The number of ether oxygens (including phenoxy) is 2. The third kappa shape index (κ3) is 3.55. The van der Waals surface area contributed by atoms with Gasteiger partial charge in [0.2, 0.25) is 0 Å². The van der Waals surface area contributed by atoms with Crippen LogP contribution in [-0.2, 0) is 11.3 Å². The van der Waals surface area contributed by atoms with E-state index in [9.17, 15) is 0 Å². The number of nitrogens with two attached hydrogens (primary N) is 1. The molecule has 1 aliphatic rings. The van der Waals surface area contributed by atoms with E-state index in [4.69, 9.17) is 15.2 Å². The van der Waals surface area contributed by atoms with Crippen molar-refractivity contribution in [3.05, 3.63) is 23.0 Å². The van der Waals surface area contributed by atoms with E-state index in [0.29, 0.717) is 19.1 Å². The van der Waals surface area contributed by atoms with Crippen LogP contribution in [0.4, 0.5) is 0 Å². The average molecular weight is 292 g/mol. The lowest BCUT2D eigenvalue weighted by Crippen LogP contribution is -2.44. The minimum atomic E-state index is -0.177. The Balaban J connectivity index is 2.11. The lowest BCUT2D eigenvalue weighted by Gasteiger charge is -2.39. The molecule has 1 aromatic heterocycles. The van der Waals surface area contributed by atoms with Crippen LogP contribution in [0.2, 0.25) is 0 Å². The summed E-state index contributed by atoms with van der Waals surface area (Å²) in [5, 5.41) is 0. The van der Waals surface area contributed by atoms with Crippen LogP contribution in [0.5, 0.6) is 5.75 Å². The molecule has 2 atom stereocenters. The van der Waals surface area contributed by atoms with Crippen molar-refractivity contribution in [3.63, 3.8) is 0 Å². The first-order valence-corrected chi connectivity index (χ1v) is 7.84.